The summed E-state index contributed by atoms with van der Waals surface area (Å²) in [6.07, 6.45) is 0. The van der Waals surface area contributed by atoms with Crippen LogP contribution >= 0.6 is 11.3 Å². The smallest absolute Gasteiger partial charge is 0.106 e. The van der Waals surface area contributed by atoms with E-state index >= 15 is 0 Å². The lowest BCUT2D eigenvalue weighted by molar-refractivity contribution is 1.57. The van der Waals surface area contributed by atoms with E-state index in [1.54, 1.807) is 10.1 Å². The second-order valence-electron chi connectivity index (χ2n) is 4.17. The van der Waals surface area contributed by atoms with Crippen molar-refractivity contribution in [3.05, 3.63) is 21.5 Å². The molecule has 64 valence electrons. The summed E-state index contributed by atoms with van der Waals surface area (Å²) in [5.74, 6) is 0. The molecule has 1 aromatic rings. The van der Waals surface area contributed by atoms with Crippen molar-refractivity contribution in [2.75, 3.05) is 0 Å². The normalized spacial score (nSPS) is 19.2. The van der Waals surface area contributed by atoms with Crippen LogP contribution in [-0.4, -0.2) is 8.07 Å². The van der Waals surface area contributed by atoms with Gasteiger partial charge in [-0.25, -0.2) is 0 Å². The van der Waals surface area contributed by atoms with Gasteiger partial charge >= 0.3 is 0 Å². The number of thiophene rings is 1. The van der Waals surface area contributed by atoms with Crippen LogP contribution in [0.15, 0.2) is 11.1 Å². The molecule has 0 amide bonds. The lowest BCUT2D eigenvalue weighted by atomic mass is 10.2. The van der Waals surface area contributed by atoms with E-state index in [0.29, 0.717) is 0 Å². The van der Waals surface area contributed by atoms with Crippen LogP contribution in [0, 0.1) is 6.92 Å². The van der Waals surface area contributed by atoms with E-state index in [0.717, 1.165) is 0 Å². The minimum Gasteiger partial charge on any atom is -0.144 e. The van der Waals surface area contributed by atoms with Crippen LogP contribution < -0.4 is 5.19 Å². The van der Waals surface area contributed by atoms with Crippen molar-refractivity contribution >= 4 is 30.2 Å². The van der Waals surface area contributed by atoms with E-state index in [-0.39, 0.29) is 0 Å². The predicted molar refractivity (Wildman–Crippen MR) is 59.8 cm³/mol. The Morgan fingerprint density at radius 1 is 1.25 bits per heavy atom. The molecule has 0 bridgehead atoms. The summed E-state index contributed by atoms with van der Waals surface area (Å²) in [7, 11) is -1.17. The lowest BCUT2D eigenvalue weighted by Crippen LogP contribution is -2.38. The first-order valence-corrected chi connectivity index (χ1v) is 8.26. The zero-order valence-electron chi connectivity index (χ0n) is 8.06. The number of rotatable bonds is 0. The van der Waals surface area contributed by atoms with Crippen molar-refractivity contribution in [1.29, 1.82) is 0 Å². The molecule has 0 spiro atoms. The average Bonchev–Trinajstić information content (AvgIpc) is 2.38. The standard InChI is InChI=1S/C10H14SSi/c1-7-5-11-9-8(2)6-12(3,4)10(7)9/h5-6H,1-4H3. The van der Waals surface area contributed by atoms with Gasteiger partial charge in [0.05, 0.1) is 0 Å². The Labute approximate surface area is 78.9 Å². The van der Waals surface area contributed by atoms with E-state index in [1.165, 1.54) is 11.1 Å². The van der Waals surface area contributed by atoms with Gasteiger partial charge in [-0.15, -0.1) is 11.3 Å². The minimum absolute atomic E-state index is 1.17. The Morgan fingerprint density at radius 2 is 1.92 bits per heavy atom. The van der Waals surface area contributed by atoms with Crippen LogP contribution in [0.4, 0.5) is 0 Å². The van der Waals surface area contributed by atoms with E-state index in [2.05, 4.69) is 38.0 Å². The molecule has 0 unspecified atom stereocenters. The van der Waals surface area contributed by atoms with Crippen molar-refractivity contribution in [1.82, 2.24) is 0 Å². The van der Waals surface area contributed by atoms with Gasteiger partial charge in [-0.05, 0) is 35.6 Å². The fourth-order valence-corrected chi connectivity index (χ4v) is 7.57. The van der Waals surface area contributed by atoms with Gasteiger partial charge in [0.2, 0.25) is 0 Å². The van der Waals surface area contributed by atoms with Crippen LogP contribution in [0.2, 0.25) is 13.1 Å². The molecule has 1 aromatic heterocycles. The van der Waals surface area contributed by atoms with E-state index in [4.69, 9.17) is 0 Å². The fourth-order valence-electron chi connectivity index (χ4n) is 2.21. The molecule has 2 heteroatoms. The summed E-state index contributed by atoms with van der Waals surface area (Å²) in [4.78, 5) is 1.56. The largest absolute Gasteiger partial charge is 0.144 e. The SMILES string of the molecule is CC1=C[Si](C)(C)c2c(C)csc21. The molecule has 2 rings (SSSR count). The van der Waals surface area contributed by atoms with Crippen LogP contribution in [-0.2, 0) is 0 Å². The number of aryl methyl sites for hydroxylation is 1. The predicted octanol–water partition coefficient (Wildman–Crippen LogP) is 2.93. The van der Waals surface area contributed by atoms with Crippen molar-refractivity contribution in [2.24, 2.45) is 0 Å². The van der Waals surface area contributed by atoms with Crippen LogP contribution in [0.25, 0.3) is 5.57 Å². The molecule has 0 nitrogen and oxygen atoms in total. The van der Waals surface area contributed by atoms with Crippen molar-refractivity contribution in [3.63, 3.8) is 0 Å². The molecule has 0 aliphatic carbocycles. The fraction of sp³-hybridized carbons (Fsp3) is 0.400. The molecule has 0 atom stereocenters. The highest BCUT2D eigenvalue weighted by Gasteiger charge is 2.32. The quantitative estimate of drug-likeness (QED) is 0.557. The molecule has 2 heterocycles. The Morgan fingerprint density at radius 3 is 2.50 bits per heavy atom. The van der Waals surface area contributed by atoms with Gasteiger partial charge in [0.1, 0.15) is 8.07 Å². The third-order valence-electron chi connectivity index (χ3n) is 2.55. The Bertz CT molecular complexity index is 358. The zero-order valence-corrected chi connectivity index (χ0v) is 9.88. The second kappa shape index (κ2) is 2.33. The summed E-state index contributed by atoms with van der Waals surface area (Å²) in [6, 6.07) is 0. The van der Waals surface area contributed by atoms with Crippen LogP contribution in [0.3, 0.4) is 0 Å². The molecule has 0 radical (unpaired) electrons. The molecular weight excluding hydrogens is 180 g/mol. The van der Waals surface area contributed by atoms with Gasteiger partial charge in [0.25, 0.3) is 0 Å². The first kappa shape index (κ1) is 8.26. The summed E-state index contributed by atoms with van der Waals surface area (Å²) in [5.41, 5.74) is 5.54. The summed E-state index contributed by atoms with van der Waals surface area (Å²) >= 11 is 1.92. The maximum Gasteiger partial charge on any atom is 0.106 e. The molecule has 0 fully saturated rings. The van der Waals surface area contributed by atoms with Crippen LogP contribution in [0.1, 0.15) is 17.4 Å². The molecule has 12 heavy (non-hydrogen) atoms. The molecule has 0 saturated carbocycles. The molecule has 1 aliphatic heterocycles. The average molecular weight is 194 g/mol. The Kier molecular flexibility index (Phi) is 1.60. The molecule has 0 saturated heterocycles. The Balaban J connectivity index is 2.71. The zero-order chi connectivity index (χ0) is 8.93. The van der Waals surface area contributed by atoms with E-state index in [9.17, 15) is 0 Å². The third-order valence-corrected chi connectivity index (χ3v) is 7.06. The lowest BCUT2D eigenvalue weighted by Gasteiger charge is -2.13. The molecule has 0 aromatic carbocycles. The number of hydrogen-bond donors (Lipinski definition) is 0. The van der Waals surface area contributed by atoms with Crippen LogP contribution in [0.5, 0.6) is 0 Å². The molecule has 1 aliphatic rings. The van der Waals surface area contributed by atoms with Crippen molar-refractivity contribution in [2.45, 2.75) is 26.9 Å². The number of fused-ring (bicyclic) bond motifs is 1. The highest BCUT2D eigenvalue weighted by molar-refractivity contribution is 7.16. The van der Waals surface area contributed by atoms with Crippen molar-refractivity contribution < 1.29 is 0 Å². The summed E-state index contributed by atoms with van der Waals surface area (Å²) in [5, 5.41) is 3.99. The second-order valence-corrected chi connectivity index (χ2v) is 9.28. The minimum atomic E-state index is -1.17. The first-order chi connectivity index (χ1) is 5.52. The van der Waals surface area contributed by atoms with Gasteiger partial charge in [0.15, 0.2) is 0 Å². The highest BCUT2D eigenvalue weighted by atomic mass is 32.1. The first-order valence-electron chi connectivity index (χ1n) is 4.31. The van der Waals surface area contributed by atoms with Gasteiger partial charge < -0.3 is 0 Å². The topological polar surface area (TPSA) is 0 Å². The summed E-state index contributed by atoms with van der Waals surface area (Å²) in [6.45, 7) is 9.36. The highest BCUT2D eigenvalue weighted by Crippen LogP contribution is 2.31. The van der Waals surface area contributed by atoms with Crippen molar-refractivity contribution in [3.8, 4) is 0 Å². The number of hydrogen-bond acceptors (Lipinski definition) is 1. The van der Waals surface area contributed by atoms with Gasteiger partial charge in [-0.2, -0.15) is 0 Å². The van der Waals surface area contributed by atoms with Gasteiger partial charge in [-0.1, -0.05) is 18.8 Å². The maximum absolute atomic E-state index is 2.52. The number of allylic oxidation sites excluding steroid dienone is 1. The molecular formula is C10H14SSi. The third kappa shape index (κ3) is 0.946. The van der Waals surface area contributed by atoms with Gasteiger partial charge in [0, 0.05) is 4.88 Å². The maximum atomic E-state index is 2.52. The summed E-state index contributed by atoms with van der Waals surface area (Å²) < 4.78 is 0. The monoisotopic (exact) mass is 194 g/mol. The van der Waals surface area contributed by atoms with Gasteiger partial charge in [-0.3, -0.25) is 0 Å². The Hall–Kier alpha value is -0.343. The van der Waals surface area contributed by atoms with E-state index in [1.807, 2.05) is 11.3 Å². The van der Waals surface area contributed by atoms with E-state index < -0.39 is 8.07 Å². The molecule has 0 N–H and O–H groups in total.